The van der Waals surface area contributed by atoms with Crippen molar-refractivity contribution in [2.45, 2.75) is 17.9 Å². The van der Waals surface area contributed by atoms with E-state index in [0.717, 1.165) is 17.4 Å². The Hall–Kier alpha value is -1.45. The number of rotatable bonds is 5. The summed E-state index contributed by atoms with van der Waals surface area (Å²) in [5, 5.41) is 9.84. The number of nitrogens with two attached hydrogens (primary N) is 1. The molecule has 4 N–H and O–H groups in total. The number of hydrogen-bond acceptors (Lipinski definition) is 5. The van der Waals surface area contributed by atoms with E-state index < -0.39 is 27.9 Å². The Morgan fingerprint density at radius 1 is 1.53 bits per heavy atom. The Morgan fingerprint density at radius 3 is 2.53 bits per heavy atom. The molecule has 1 atom stereocenters. The molecular weight excluding hydrogens is 268 g/mol. The summed E-state index contributed by atoms with van der Waals surface area (Å²) in [6.07, 6.45) is 0. The fourth-order valence-corrected chi connectivity index (χ4v) is 3.25. The molecule has 17 heavy (non-hydrogen) atoms. The quantitative estimate of drug-likeness (QED) is 0.675. The Kier molecular flexibility index (Phi) is 3.86. The number of carboxylic acids is 1. The highest BCUT2D eigenvalue weighted by Gasteiger charge is 2.22. The SMILES string of the molecule is CC(NS(=O)(=O)c1csc(C(=O)O)c1)C(N)=O. The van der Waals surface area contributed by atoms with Crippen LogP contribution in [-0.2, 0) is 14.8 Å². The molecule has 1 unspecified atom stereocenters. The van der Waals surface area contributed by atoms with E-state index in [1.165, 1.54) is 12.3 Å². The van der Waals surface area contributed by atoms with Crippen LogP contribution < -0.4 is 10.5 Å². The first-order valence-corrected chi connectivity index (χ1v) is 6.74. The summed E-state index contributed by atoms with van der Waals surface area (Å²) in [6, 6.07) is -0.0450. The van der Waals surface area contributed by atoms with Crippen LogP contribution >= 0.6 is 11.3 Å². The minimum atomic E-state index is -3.92. The predicted octanol–water partition coefficient (Wildman–Crippen LogP) is -0.402. The van der Waals surface area contributed by atoms with E-state index in [1.54, 1.807) is 0 Å². The van der Waals surface area contributed by atoms with Gasteiger partial charge >= 0.3 is 5.97 Å². The van der Waals surface area contributed by atoms with Gasteiger partial charge in [0.15, 0.2) is 0 Å². The number of thiophene rings is 1. The fourth-order valence-electron chi connectivity index (χ4n) is 0.931. The summed E-state index contributed by atoms with van der Waals surface area (Å²) in [4.78, 5) is 21.0. The van der Waals surface area contributed by atoms with Crippen LogP contribution in [0.4, 0.5) is 0 Å². The van der Waals surface area contributed by atoms with Crippen LogP contribution in [0.3, 0.4) is 0 Å². The number of carboxylic acid groups (broad SMARTS) is 1. The van der Waals surface area contributed by atoms with E-state index in [-0.39, 0.29) is 9.77 Å². The average molecular weight is 278 g/mol. The van der Waals surface area contributed by atoms with Gasteiger partial charge in [-0.1, -0.05) is 0 Å². The molecule has 0 radical (unpaired) electrons. The molecule has 1 aromatic rings. The van der Waals surface area contributed by atoms with E-state index in [1.807, 2.05) is 4.72 Å². The number of aromatic carboxylic acids is 1. The van der Waals surface area contributed by atoms with Crippen LogP contribution in [0.2, 0.25) is 0 Å². The molecule has 0 bridgehead atoms. The highest BCUT2D eigenvalue weighted by molar-refractivity contribution is 7.89. The van der Waals surface area contributed by atoms with E-state index in [2.05, 4.69) is 0 Å². The maximum atomic E-state index is 11.7. The monoisotopic (exact) mass is 278 g/mol. The standard InChI is InChI=1S/C8H10N2O5S2/c1-4(7(9)11)10-17(14,15)5-2-6(8(12)13)16-3-5/h2-4,10H,1H3,(H2,9,11)(H,12,13). The van der Waals surface area contributed by atoms with Gasteiger partial charge in [0, 0.05) is 5.38 Å². The summed E-state index contributed by atoms with van der Waals surface area (Å²) in [5.74, 6) is -2.03. The molecule has 0 aliphatic carbocycles. The molecular formula is C8H10N2O5S2. The first-order valence-electron chi connectivity index (χ1n) is 4.37. The number of nitrogens with one attached hydrogen (secondary N) is 1. The molecule has 0 saturated carbocycles. The van der Waals surface area contributed by atoms with Gasteiger partial charge in [-0.05, 0) is 13.0 Å². The lowest BCUT2D eigenvalue weighted by molar-refractivity contribution is -0.119. The molecule has 94 valence electrons. The number of carbonyl (C=O) groups is 2. The molecule has 1 aromatic heterocycles. The molecule has 0 aromatic carbocycles. The normalized spacial score (nSPS) is 13.2. The van der Waals surface area contributed by atoms with E-state index >= 15 is 0 Å². The Labute approximate surface area is 101 Å². The van der Waals surface area contributed by atoms with Gasteiger partial charge in [0.2, 0.25) is 15.9 Å². The minimum Gasteiger partial charge on any atom is -0.477 e. The Balaban J connectivity index is 2.97. The van der Waals surface area contributed by atoms with Crippen molar-refractivity contribution in [1.82, 2.24) is 4.72 Å². The highest BCUT2D eigenvalue weighted by atomic mass is 32.2. The lowest BCUT2D eigenvalue weighted by Gasteiger charge is -2.09. The van der Waals surface area contributed by atoms with Crippen LogP contribution in [-0.4, -0.2) is 31.4 Å². The van der Waals surface area contributed by atoms with Gasteiger partial charge in [-0.25, -0.2) is 13.2 Å². The molecule has 7 nitrogen and oxygen atoms in total. The number of carbonyl (C=O) groups excluding carboxylic acids is 1. The minimum absolute atomic E-state index is 0.0999. The maximum absolute atomic E-state index is 11.7. The van der Waals surface area contributed by atoms with E-state index in [0.29, 0.717) is 0 Å². The van der Waals surface area contributed by atoms with Crippen molar-refractivity contribution >= 4 is 33.2 Å². The van der Waals surface area contributed by atoms with E-state index in [9.17, 15) is 18.0 Å². The topological polar surface area (TPSA) is 127 Å². The van der Waals surface area contributed by atoms with Crippen molar-refractivity contribution in [2.75, 3.05) is 0 Å². The molecule has 0 fully saturated rings. The molecule has 0 spiro atoms. The molecule has 0 saturated heterocycles. The molecule has 0 aliphatic rings. The first kappa shape index (κ1) is 13.6. The average Bonchev–Trinajstić information content (AvgIpc) is 2.65. The number of sulfonamides is 1. The summed E-state index contributed by atoms with van der Waals surface area (Å²) >= 11 is 0.785. The highest BCUT2D eigenvalue weighted by Crippen LogP contribution is 2.19. The van der Waals surface area contributed by atoms with Crippen molar-refractivity contribution in [3.63, 3.8) is 0 Å². The molecule has 1 heterocycles. The Morgan fingerprint density at radius 2 is 2.12 bits per heavy atom. The largest absolute Gasteiger partial charge is 0.477 e. The molecule has 9 heteroatoms. The van der Waals surface area contributed by atoms with Gasteiger partial charge in [-0.2, -0.15) is 4.72 Å². The third-order valence-electron chi connectivity index (χ3n) is 1.86. The fraction of sp³-hybridized carbons (Fsp3) is 0.250. The van der Waals surface area contributed by atoms with Gasteiger partial charge < -0.3 is 10.8 Å². The lowest BCUT2D eigenvalue weighted by Crippen LogP contribution is -2.41. The zero-order chi connectivity index (χ0) is 13.2. The second-order valence-corrected chi connectivity index (χ2v) is 5.82. The summed E-state index contributed by atoms with van der Waals surface area (Å²) < 4.78 is 25.4. The van der Waals surface area contributed by atoms with Crippen LogP contribution in [0.1, 0.15) is 16.6 Å². The zero-order valence-electron chi connectivity index (χ0n) is 8.71. The van der Waals surface area contributed by atoms with Gasteiger partial charge in [0.25, 0.3) is 0 Å². The second kappa shape index (κ2) is 4.82. The lowest BCUT2D eigenvalue weighted by atomic mass is 10.4. The molecule has 1 amide bonds. The maximum Gasteiger partial charge on any atom is 0.345 e. The summed E-state index contributed by atoms with van der Waals surface area (Å²) in [6.45, 7) is 1.30. The number of hydrogen-bond donors (Lipinski definition) is 3. The van der Waals surface area contributed by atoms with Crippen molar-refractivity contribution in [1.29, 1.82) is 0 Å². The summed E-state index contributed by atoms with van der Waals surface area (Å²) in [7, 11) is -3.92. The third kappa shape index (κ3) is 3.25. The zero-order valence-corrected chi connectivity index (χ0v) is 10.3. The summed E-state index contributed by atoms with van der Waals surface area (Å²) in [5.41, 5.74) is 4.92. The van der Waals surface area contributed by atoms with Crippen LogP contribution in [0.25, 0.3) is 0 Å². The predicted molar refractivity (Wildman–Crippen MR) is 60.3 cm³/mol. The van der Waals surface area contributed by atoms with Crippen LogP contribution in [0.5, 0.6) is 0 Å². The van der Waals surface area contributed by atoms with Crippen molar-refractivity contribution < 1.29 is 23.1 Å². The van der Waals surface area contributed by atoms with Gasteiger partial charge in [0.1, 0.15) is 4.88 Å². The number of primary amides is 1. The van der Waals surface area contributed by atoms with Gasteiger partial charge in [-0.3, -0.25) is 4.79 Å². The van der Waals surface area contributed by atoms with Gasteiger partial charge in [0.05, 0.1) is 10.9 Å². The van der Waals surface area contributed by atoms with Crippen molar-refractivity contribution in [3.8, 4) is 0 Å². The first-order chi connectivity index (χ1) is 7.74. The smallest absolute Gasteiger partial charge is 0.345 e. The number of amides is 1. The second-order valence-electron chi connectivity index (χ2n) is 3.20. The van der Waals surface area contributed by atoms with Gasteiger partial charge in [-0.15, -0.1) is 11.3 Å². The van der Waals surface area contributed by atoms with Crippen LogP contribution in [0, 0.1) is 0 Å². The molecule has 1 rings (SSSR count). The van der Waals surface area contributed by atoms with Crippen molar-refractivity contribution in [3.05, 3.63) is 16.3 Å². The van der Waals surface area contributed by atoms with Crippen LogP contribution in [0.15, 0.2) is 16.3 Å². The van der Waals surface area contributed by atoms with E-state index in [4.69, 9.17) is 10.8 Å². The molecule has 0 aliphatic heterocycles. The van der Waals surface area contributed by atoms with Crippen molar-refractivity contribution in [2.24, 2.45) is 5.73 Å². The third-order valence-corrected chi connectivity index (χ3v) is 4.44. The Bertz CT molecular complexity index is 548.